The predicted molar refractivity (Wildman–Crippen MR) is 42.9 cm³/mol. The molecule has 0 heterocycles. The third kappa shape index (κ3) is 2.95. The van der Waals surface area contributed by atoms with Crippen molar-refractivity contribution in [2.75, 3.05) is 14.2 Å². The molecule has 0 radical (unpaired) electrons. The third-order valence-electron chi connectivity index (χ3n) is 1.63. The van der Waals surface area contributed by atoms with Gasteiger partial charge in [-0.2, -0.15) is 0 Å². The largest absolute Gasteiger partial charge is 0.479 e. The molecule has 0 aliphatic heterocycles. The summed E-state index contributed by atoms with van der Waals surface area (Å²) >= 11 is 0. The van der Waals surface area contributed by atoms with Crippen LogP contribution in [0.4, 0.5) is 0 Å². The molecule has 7 nitrogen and oxygen atoms in total. The lowest BCUT2D eigenvalue weighted by atomic mass is 10.1. The Hall–Kier alpha value is -1.18. The number of rotatable bonds is 6. The van der Waals surface area contributed by atoms with Crippen LogP contribution in [0.1, 0.15) is 0 Å². The van der Waals surface area contributed by atoms with Gasteiger partial charge in [0, 0.05) is 14.2 Å². The van der Waals surface area contributed by atoms with Crippen LogP contribution in [0, 0.1) is 0 Å². The first kappa shape index (κ1) is 12.8. The van der Waals surface area contributed by atoms with Crippen LogP contribution >= 0.6 is 0 Å². The van der Waals surface area contributed by atoms with Crippen molar-refractivity contribution in [2.45, 2.75) is 18.3 Å². The second kappa shape index (κ2) is 5.53. The highest BCUT2D eigenvalue weighted by Crippen LogP contribution is 2.08. The Balaban J connectivity index is 4.67. The molecular formula is C7H12O7. The fourth-order valence-electron chi connectivity index (χ4n) is 0.934. The first-order valence-corrected chi connectivity index (χ1v) is 3.65. The zero-order valence-corrected chi connectivity index (χ0v) is 7.71. The lowest BCUT2D eigenvalue weighted by Crippen LogP contribution is -2.48. The van der Waals surface area contributed by atoms with Gasteiger partial charge in [0.05, 0.1) is 0 Å². The molecule has 0 aromatic carbocycles. The lowest BCUT2D eigenvalue weighted by molar-refractivity contribution is -0.173. The van der Waals surface area contributed by atoms with Crippen LogP contribution in [-0.4, -0.2) is 59.8 Å². The summed E-state index contributed by atoms with van der Waals surface area (Å²) in [7, 11) is 2.17. The molecule has 0 aliphatic rings. The van der Waals surface area contributed by atoms with Gasteiger partial charge in [-0.05, 0) is 0 Å². The predicted octanol–water partition coefficient (Wildman–Crippen LogP) is -1.45. The van der Waals surface area contributed by atoms with Crippen molar-refractivity contribution >= 4 is 11.9 Å². The van der Waals surface area contributed by atoms with E-state index in [9.17, 15) is 9.59 Å². The molecule has 0 bridgehead atoms. The molecule has 0 rings (SSSR count). The van der Waals surface area contributed by atoms with E-state index in [0.717, 1.165) is 14.2 Å². The highest BCUT2D eigenvalue weighted by Gasteiger charge is 2.37. The monoisotopic (exact) mass is 208 g/mol. The van der Waals surface area contributed by atoms with Gasteiger partial charge < -0.3 is 24.8 Å². The lowest BCUT2D eigenvalue weighted by Gasteiger charge is -2.23. The fraction of sp³-hybridized carbons (Fsp3) is 0.714. The van der Waals surface area contributed by atoms with E-state index in [1.54, 1.807) is 0 Å². The van der Waals surface area contributed by atoms with Gasteiger partial charge in [0.25, 0.3) is 0 Å². The van der Waals surface area contributed by atoms with E-state index >= 15 is 0 Å². The minimum Gasteiger partial charge on any atom is -0.479 e. The molecule has 0 saturated heterocycles. The van der Waals surface area contributed by atoms with Gasteiger partial charge in [0.15, 0.2) is 12.2 Å². The molecule has 0 fully saturated rings. The molecule has 3 atom stereocenters. The van der Waals surface area contributed by atoms with Crippen LogP contribution in [0.3, 0.4) is 0 Å². The van der Waals surface area contributed by atoms with E-state index in [2.05, 4.69) is 9.47 Å². The number of methoxy groups -OCH3 is 2. The highest BCUT2D eigenvalue weighted by atomic mass is 16.6. The molecule has 0 aromatic rings. The zero-order chi connectivity index (χ0) is 11.3. The average Bonchev–Trinajstić information content (AvgIpc) is 2.11. The van der Waals surface area contributed by atoms with Gasteiger partial charge in [-0.15, -0.1) is 0 Å². The Kier molecular flexibility index (Phi) is 5.06. The molecule has 82 valence electrons. The maximum absolute atomic E-state index is 10.5. The Labute approximate surface area is 79.9 Å². The number of aliphatic hydroxyl groups excluding tert-OH is 1. The average molecular weight is 208 g/mol. The molecule has 7 heteroatoms. The molecule has 3 N–H and O–H groups in total. The highest BCUT2D eigenvalue weighted by molar-refractivity contribution is 5.77. The van der Waals surface area contributed by atoms with Crippen LogP contribution in [0.5, 0.6) is 0 Å². The third-order valence-corrected chi connectivity index (χ3v) is 1.63. The number of carboxylic acid groups (broad SMARTS) is 2. The van der Waals surface area contributed by atoms with Crippen LogP contribution in [-0.2, 0) is 19.1 Å². The maximum atomic E-state index is 10.5. The summed E-state index contributed by atoms with van der Waals surface area (Å²) < 4.78 is 9.04. The van der Waals surface area contributed by atoms with Gasteiger partial charge in [-0.1, -0.05) is 0 Å². The van der Waals surface area contributed by atoms with E-state index < -0.39 is 30.3 Å². The number of hydrogen-bond acceptors (Lipinski definition) is 5. The maximum Gasteiger partial charge on any atom is 0.335 e. The van der Waals surface area contributed by atoms with E-state index in [1.165, 1.54) is 0 Å². The van der Waals surface area contributed by atoms with Gasteiger partial charge in [0.1, 0.15) is 6.10 Å². The van der Waals surface area contributed by atoms with Crippen molar-refractivity contribution in [3.8, 4) is 0 Å². The van der Waals surface area contributed by atoms with Crippen LogP contribution < -0.4 is 0 Å². The number of carboxylic acids is 2. The van der Waals surface area contributed by atoms with Crippen LogP contribution in [0.2, 0.25) is 0 Å². The minimum atomic E-state index is -1.94. The summed E-state index contributed by atoms with van der Waals surface area (Å²) in [5.74, 6) is -2.97. The molecule has 0 amide bonds. The molecule has 14 heavy (non-hydrogen) atoms. The molecule has 0 aliphatic carbocycles. The van der Waals surface area contributed by atoms with E-state index in [4.69, 9.17) is 15.3 Å². The van der Waals surface area contributed by atoms with E-state index in [0.29, 0.717) is 0 Å². The van der Waals surface area contributed by atoms with Crippen molar-refractivity contribution in [1.29, 1.82) is 0 Å². The van der Waals surface area contributed by atoms with Crippen LogP contribution in [0.25, 0.3) is 0 Å². The SMILES string of the molecule is CO[C@@H]([C@H](O)C(=O)O)[C@@H](OC)C(=O)O. The molecule has 0 aromatic heterocycles. The zero-order valence-electron chi connectivity index (χ0n) is 7.71. The van der Waals surface area contributed by atoms with Gasteiger partial charge in [-0.25, -0.2) is 9.59 Å². The number of aliphatic carboxylic acids is 2. The van der Waals surface area contributed by atoms with Crippen molar-refractivity contribution < 1.29 is 34.4 Å². The Morgan fingerprint density at radius 3 is 1.79 bits per heavy atom. The number of ether oxygens (including phenoxy) is 2. The fourth-order valence-corrected chi connectivity index (χ4v) is 0.934. The molecule has 0 spiro atoms. The van der Waals surface area contributed by atoms with Crippen molar-refractivity contribution in [3.05, 3.63) is 0 Å². The summed E-state index contributed by atoms with van der Waals surface area (Å²) in [4.78, 5) is 20.9. The normalized spacial score (nSPS) is 17.1. The Morgan fingerprint density at radius 2 is 1.57 bits per heavy atom. The molecule has 0 unspecified atom stereocenters. The van der Waals surface area contributed by atoms with Gasteiger partial charge in [0.2, 0.25) is 0 Å². The van der Waals surface area contributed by atoms with Crippen molar-refractivity contribution in [1.82, 2.24) is 0 Å². The second-order valence-electron chi connectivity index (χ2n) is 2.48. The quantitative estimate of drug-likeness (QED) is 0.489. The summed E-state index contributed by atoms with van der Waals surface area (Å²) in [5.41, 5.74) is 0. The number of aliphatic hydroxyl groups is 1. The van der Waals surface area contributed by atoms with E-state index in [-0.39, 0.29) is 0 Å². The minimum absolute atomic E-state index is 1.08. The Bertz CT molecular complexity index is 214. The summed E-state index contributed by atoms with van der Waals surface area (Å²) in [6.07, 6.45) is -4.91. The topological polar surface area (TPSA) is 113 Å². The Morgan fingerprint density at radius 1 is 1.07 bits per heavy atom. The van der Waals surface area contributed by atoms with Gasteiger partial charge >= 0.3 is 11.9 Å². The standard InChI is InChI=1S/C7H12O7/c1-13-4(3(8)6(9)10)5(14-2)7(11)12/h3-5,8H,1-2H3,(H,9,10)(H,11,12)/t3-,4-,5+/m0/s1. The number of hydrogen-bond donors (Lipinski definition) is 3. The smallest absolute Gasteiger partial charge is 0.335 e. The summed E-state index contributed by atoms with van der Waals surface area (Å²) in [6, 6.07) is 0. The molecular weight excluding hydrogens is 196 g/mol. The second-order valence-corrected chi connectivity index (χ2v) is 2.48. The molecule has 0 saturated carbocycles. The van der Waals surface area contributed by atoms with Gasteiger partial charge in [-0.3, -0.25) is 0 Å². The summed E-state index contributed by atoms with van der Waals surface area (Å²) in [6.45, 7) is 0. The van der Waals surface area contributed by atoms with Crippen molar-refractivity contribution in [2.24, 2.45) is 0 Å². The van der Waals surface area contributed by atoms with E-state index in [1.807, 2.05) is 0 Å². The first-order valence-electron chi connectivity index (χ1n) is 3.65. The van der Waals surface area contributed by atoms with Crippen LogP contribution in [0.15, 0.2) is 0 Å². The number of carbonyl (C=O) groups is 2. The summed E-state index contributed by atoms with van der Waals surface area (Å²) in [5, 5.41) is 26.1. The first-order chi connectivity index (χ1) is 6.45. The van der Waals surface area contributed by atoms with Crippen molar-refractivity contribution in [3.63, 3.8) is 0 Å².